The second-order valence-electron chi connectivity index (χ2n) is 4.41. The van der Waals surface area contributed by atoms with Gasteiger partial charge in [-0.2, -0.15) is 0 Å². The predicted octanol–water partition coefficient (Wildman–Crippen LogP) is 2.27. The van der Waals surface area contributed by atoms with E-state index in [2.05, 4.69) is 17.2 Å². The molecule has 3 nitrogen and oxygen atoms in total. The third-order valence-corrected chi connectivity index (χ3v) is 3.38. The molecule has 1 saturated carbocycles. The van der Waals surface area contributed by atoms with Crippen LogP contribution >= 0.6 is 0 Å². The Morgan fingerprint density at radius 2 is 2.43 bits per heavy atom. The molecular formula is C11H19N3. The first-order chi connectivity index (χ1) is 6.77. The van der Waals surface area contributed by atoms with Crippen molar-refractivity contribution in [1.82, 2.24) is 9.55 Å². The maximum atomic E-state index is 4.25. The molecule has 1 heterocycles. The number of aryl methyl sites for hydroxylation is 1. The van der Waals surface area contributed by atoms with Crippen molar-refractivity contribution in [2.24, 2.45) is 18.9 Å². The summed E-state index contributed by atoms with van der Waals surface area (Å²) < 4.78 is 2.03. The molecule has 0 bridgehead atoms. The molecule has 1 aromatic heterocycles. The van der Waals surface area contributed by atoms with E-state index in [0.717, 1.165) is 24.3 Å². The zero-order valence-corrected chi connectivity index (χ0v) is 9.03. The summed E-state index contributed by atoms with van der Waals surface area (Å²) in [6.07, 6.45) is 7.97. The molecule has 78 valence electrons. The highest BCUT2D eigenvalue weighted by molar-refractivity contribution is 5.25. The summed E-state index contributed by atoms with van der Waals surface area (Å²) in [5.74, 6) is 2.71. The molecule has 2 unspecified atom stereocenters. The molecule has 0 spiro atoms. The summed E-state index contributed by atoms with van der Waals surface area (Å²) in [5.41, 5.74) is 0. The molecular weight excluding hydrogens is 174 g/mol. The van der Waals surface area contributed by atoms with Crippen molar-refractivity contribution in [2.45, 2.75) is 26.2 Å². The standard InChI is InChI=1S/C11H19N3/c1-9-4-3-5-10(9)8-13-11-12-6-7-14(11)2/h6-7,9-10H,3-5,8H2,1-2H3,(H,12,13). The molecule has 2 atom stereocenters. The van der Waals surface area contributed by atoms with E-state index in [1.165, 1.54) is 19.3 Å². The van der Waals surface area contributed by atoms with Crippen LogP contribution in [0.2, 0.25) is 0 Å². The molecule has 3 heteroatoms. The Morgan fingerprint density at radius 1 is 1.57 bits per heavy atom. The average Bonchev–Trinajstić information content (AvgIpc) is 2.72. The largest absolute Gasteiger partial charge is 0.355 e. The highest BCUT2D eigenvalue weighted by Gasteiger charge is 2.22. The van der Waals surface area contributed by atoms with Crippen molar-refractivity contribution < 1.29 is 0 Å². The maximum absolute atomic E-state index is 4.25. The highest BCUT2D eigenvalue weighted by atomic mass is 15.2. The van der Waals surface area contributed by atoms with E-state index < -0.39 is 0 Å². The average molecular weight is 193 g/mol. The number of hydrogen-bond donors (Lipinski definition) is 1. The number of nitrogens with one attached hydrogen (secondary N) is 1. The van der Waals surface area contributed by atoms with Gasteiger partial charge in [-0.1, -0.05) is 19.8 Å². The Balaban J connectivity index is 1.85. The zero-order valence-electron chi connectivity index (χ0n) is 9.03. The maximum Gasteiger partial charge on any atom is 0.202 e. The Hall–Kier alpha value is -0.990. The lowest BCUT2D eigenvalue weighted by atomic mass is 9.98. The van der Waals surface area contributed by atoms with Gasteiger partial charge < -0.3 is 9.88 Å². The third kappa shape index (κ3) is 1.91. The van der Waals surface area contributed by atoms with Gasteiger partial charge in [0.15, 0.2) is 0 Å². The van der Waals surface area contributed by atoms with Gasteiger partial charge in [0.25, 0.3) is 0 Å². The molecule has 1 aromatic rings. The number of aromatic nitrogens is 2. The van der Waals surface area contributed by atoms with Crippen molar-refractivity contribution >= 4 is 5.95 Å². The lowest BCUT2D eigenvalue weighted by molar-refractivity contribution is 0.438. The van der Waals surface area contributed by atoms with E-state index in [-0.39, 0.29) is 0 Å². The molecule has 2 rings (SSSR count). The van der Waals surface area contributed by atoms with Crippen LogP contribution < -0.4 is 5.32 Å². The predicted molar refractivity (Wildman–Crippen MR) is 58.2 cm³/mol. The van der Waals surface area contributed by atoms with Gasteiger partial charge in [0.1, 0.15) is 0 Å². The number of imidazole rings is 1. The first kappa shape index (κ1) is 9.56. The van der Waals surface area contributed by atoms with Gasteiger partial charge in [-0.25, -0.2) is 4.98 Å². The molecule has 0 radical (unpaired) electrons. The molecule has 1 aliphatic rings. The lowest BCUT2D eigenvalue weighted by Crippen LogP contribution is -2.18. The second-order valence-corrected chi connectivity index (χ2v) is 4.41. The Morgan fingerprint density at radius 3 is 3.00 bits per heavy atom. The topological polar surface area (TPSA) is 29.9 Å². The molecule has 1 fully saturated rings. The van der Waals surface area contributed by atoms with Crippen molar-refractivity contribution in [1.29, 1.82) is 0 Å². The summed E-state index contributed by atoms with van der Waals surface area (Å²) in [6.45, 7) is 3.43. The lowest BCUT2D eigenvalue weighted by Gasteiger charge is -2.16. The van der Waals surface area contributed by atoms with Crippen molar-refractivity contribution in [3.8, 4) is 0 Å². The van der Waals surface area contributed by atoms with Gasteiger partial charge in [-0.15, -0.1) is 0 Å². The van der Waals surface area contributed by atoms with Crippen LogP contribution in [0.5, 0.6) is 0 Å². The SMILES string of the molecule is CC1CCCC1CNc1nccn1C. The van der Waals surface area contributed by atoms with Gasteiger partial charge in [0.05, 0.1) is 0 Å². The van der Waals surface area contributed by atoms with E-state index in [1.54, 1.807) is 0 Å². The van der Waals surface area contributed by atoms with E-state index >= 15 is 0 Å². The minimum Gasteiger partial charge on any atom is -0.355 e. The normalized spacial score (nSPS) is 26.7. The summed E-state index contributed by atoms with van der Waals surface area (Å²) in [5, 5.41) is 3.42. The minimum absolute atomic E-state index is 0.840. The number of hydrogen-bond acceptors (Lipinski definition) is 2. The van der Waals surface area contributed by atoms with E-state index in [0.29, 0.717) is 0 Å². The van der Waals surface area contributed by atoms with Crippen molar-refractivity contribution in [3.05, 3.63) is 12.4 Å². The van der Waals surface area contributed by atoms with Crippen LogP contribution in [-0.4, -0.2) is 16.1 Å². The first-order valence-electron chi connectivity index (χ1n) is 5.48. The van der Waals surface area contributed by atoms with Crippen LogP contribution in [0.15, 0.2) is 12.4 Å². The van der Waals surface area contributed by atoms with Crippen molar-refractivity contribution in [2.75, 3.05) is 11.9 Å². The second kappa shape index (κ2) is 4.03. The van der Waals surface area contributed by atoms with Gasteiger partial charge in [0, 0.05) is 26.0 Å². The molecule has 0 saturated heterocycles. The molecule has 1 N–H and O–H groups in total. The van der Waals surface area contributed by atoms with Gasteiger partial charge in [0.2, 0.25) is 5.95 Å². The summed E-state index contributed by atoms with van der Waals surface area (Å²) in [6, 6.07) is 0. The fourth-order valence-corrected chi connectivity index (χ4v) is 2.28. The van der Waals surface area contributed by atoms with Crippen LogP contribution in [0.3, 0.4) is 0 Å². The van der Waals surface area contributed by atoms with Gasteiger partial charge in [-0.05, 0) is 18.3 Å². The number of nitrogens with zero attached hydrogens (tertiary/aromatic N) is 2. The third-order valence-electron chi connectivity index (χ3n) is 3.38. The summed E-state index contributed by atoms with van der Waals surface area (Å²) in [4.78, 5) is 4.25. The first-order valence-corrected chi connectivity index (χ1v) is 5.48. The molecule has 0 amide bonds. The fourth-order valence-electron chi connectivity index (χ4n) is 2.28. The smallest absolute Gasteiger partial charge is 0.202 e. The fraction of sp³-hybridized carbons (Fsp3) is 0.727. The number of rotatable bonds is 3. The van der Waals surface area contributed by atoms with Gasteiger partial charge in [-0.3, -0.25) is 0 Å². The Labute approximate surface area is 85.5 Å². The Kier molecular flexibility index (Phi) is 2.75. The van der Waals surface area contributed by atoms with Gasteiger partial charge >= 0.3 is 0 Å². The monoisotopic (exact) mass is 193 g/mol. The minimum atomic E-state index is 0.840. The quantitative estimate of drug-likeness (QED) is 0.798. The molecule has 1 aliphatic carbocycles. The van der Waals surface area contributed by atoms with Crippen LogP contribution in [0.1, 0.15) is 26.2 Å². The molecule has 14 heavy (non-hydrogen) atoms. The zero-order chi connectivity index (χ0) is 9.97. The van der Waals surface area contributed by atoms with E-state index in [1.807, 2.05) is 24.0 Å². The Bertz CT molecular complexity index is 292. The summed E-state index contributed by atoms with van der Waals surface area (Å²) >= 11 is 0. The van der Waals surface area contributed by atoms with Crippen LogP contribution in [0, 0.1) is 11.8 Å². The summed E-state index contributed by atoms with van der Waals surface area (Å²) in [7, 11) is 2.02. The van der Waals surface area contributed by atoms with Crippen LogP contribution in [-0.2, 0) is 7.05 Å². The van der Waals surface area contributed by atoms with Crippen LogP contribution in [0.25, 0.3) is 0 Å². The number of anilines is 1. The van der Waals surface area contributed by atoms with Crippen LogP contribution in [0.4, 0.5) is 5.95 Å². The van der Waals surface area contributed by atoms with Crippen molar-refractivity contribution in [3.63, 3.8) is 0 Å². The van der Waals surface area contributed by atoms with E-state index in [4.69, 9.17) is 0 Å². The molecule has 0 aromatic carbocycles. The van der Waals surface area contributed by atoms with E-state index in [9.17, 15) is 0 Å². The molecule has 0 aliphatic heterocycles. The highest BCUT2D eigenvalue weighted by Crippen LogP contribution is 2.30.